The first-order valence-corrected chi connectivity index (χ1v) is 6.33. The molecule has 4 heteroatoms. The van der Waals surface area contributed by atoms with Crippen molar-refractivity contribution in [2.24, 2.45) is 5.73 Å². The van der Waals surface area contributed by atoms with E-state index in [9.17, 15) is 0 Å². The van der Waals surface area contributed by atoms with Crippen LogP contribution in [0.4, 0.5) is 0 Å². The zero-order valence-corrected chi connectivity index (χ0v) is 9.33. The van der Waals surface area contributed by atoms with E-state index in [-0.39, 0.29) is 5.17 Å². The lowest BCUT2D eigenvalue weighted by molar-refractivity contribution is 0.972. The lowest BCUT2D eigenvalue weighted by Gasteiger charge is -2.05. The number of fused-ring (bicyclic) bond motifs is 1. The Hall–Kier alpha value is -0.610. The first-order valence-electron chi connectivity index (χ1n) is 4.47. The molecular weight excluding hydrogens is 212 g/mol. The fraction of sp³-hybridized carbons (Fsp3) is 0.300. The molecule has 1 aromatic carbocycles. The molecule has 0 aromatic heterocycles. The fourth-order valence-corrected chi connectivity index (χ4v) is 3.57. The Kier molecular flexibility index (Phi) is 3.03. The van der Waals surface area contributed by atoms with Crippen LogP contribution in [0.1, 0.15) is 5.56 Å². The molecule has 1 atom stereocenters. The molecule has 0 saturated carbocycles. The molecule has 0 fully saturated rings. The summed E-state index contributed by atoms with van der Waals surface area (Å²) >= 11 is 3.34. The van der Waals surface area contributed by atoms with E-state index < -0.39 is 0 Å². The van der Waals surface area contributed by atoms with Crippen LogP contribution in [0.5, 0.6) is 0 Å². The van der Waals surface area contributed by atoms with Gasteiger partial charge < -0.3 is 5.73 Å². The third-order valence-corrected chi connectivity index (χ3v) is 4.55. The maximum absolute atomic E-state index is 7.15. The minimum absolute atomic E-state index is 0.224. The first kappa shape index (κ1) is 9.93. The summed E-state index contributed by atoms with van der Waals surface area (Å²) in [6.07, 6.45) is 1.11. The molecule has 1 aliphatic heterocycles. The molecule has 0 bridgehead atoms. The number of amidine groups is 1. The van der Waals surface area contributed by atoms with Crippen LogP contribution in [0.3, 0.4) is 0 Å². The summed E-state index contributed by atoms with van der Waals surface area (Å²) in [5.74, 6) is 0.939. The molecule has 0 saturated heterocycles. The van der Waals surface area contributed by atoms with E-state index in [1.165, 1.54) is 22.2 Å². The molecule has 3 N–H and O–H groups in total. The van der Waals surface area contributed by atoms with Crippen LogP contribution in [-0.4, -0.2) is 16.2 Å². The summed E-state index contributed by atoms with van der Waals surface area (Å²) in [6.45, 7) is 0. The topological polar surface area (TPSA) is 49.9 Å². The molecule has 0 spiro atoms. The third-order valence-electron chi connectivity index (χ3n) is 2.14. The number of rotatable bonds is 2. The Morgan fingerprint density at radius 3 is 3.07 bits per heavy atom. The van der Waals surface area contributed by atoms with Crippen LogP contribution in [-0.2, 0) is 6.42 Å². The standard InChI is InChI=1S/C10H12N2S2/c11-10(12)13-6-8-5-7-3-1-2-4-9(7)14-8/h1-4,8H,5-6H2,(H3,11,12). The molecule has 0 aliphatic carbocycles. The Balaban J connectivity index is 1.95. The molecule has 1 unspecified atom stereocenters. The molecule has 0 radical (unpaired) electrons. The smallest absolute Gasteiger partial charge is 0.151 e. The van der Waals surface area contributed by atoms with Crippen LogP contribution >= 0.6 is 23.5 Å². The van der Waals surface area contributed by atoms with E-state index in [4.69, 9.17) is 11.1 Å². The van der Waals surface area contributed by atoms with Crippen LogP contribution < -0.4 is 5.73 Å². The number of nitrogens with one attached hydrogen (secondary N) is 1. The number of hydrogen-bond donors (Lipinski definition) is 2. The van der Waals surface area contributed by atoms with Gasteiger partial charge in [-0.25, -0.2) is 0 Å². The minimum Gasteiger partial charge on any atom is -0.379 e. The summed E-state index contributed by atoms with van der Waals surface area (Å²) in [5, 5.41) is 7.96. The van der Waals surface area contributed by atoms with Gasteiger partial charge in [-0.15, -0.1) is 11.8 Å². The van der Waals surface area contributed by atoms with E-state index in [1.54, 1.807) is 0 Å². The van der Waals surface area contributed by atoms with Crippen LogP contribution in [0, 0.1) is 5.41 Å². The number of benzene rings is 1. The van der Waals surface area contributed by atoms with Crippen molar-refractivity contribution in [3.8, 4) is 0 Å². The highest BCUT2D eigenvalue weighted by molar-refractivity contribution is 8.14. The van der Waals surface area contributed by atoms with Gasteiger partial charge in [0, 0.05) is 15.9 Å². The Morgan fingerprint density at radius 1 is 1.57 bits per heavy atom. The predicted octanol–water partition coefficient (Wildman–Crippen LogP) is 2.33. The van der Waals surface area contributed by atoms with E-state index in [1.807, 2.05) is 11.8 Å². The Bertz CT molecular complexity index is 327. The average molecular weight is 224 g/mol. The quantitative estimate of drug-likeness (QED) is 0.599. The Morgan fingerprint density at radius 2 is 2.36 bits per heavy atom. The van der Waals surface area contributed by atoms with Crippen molar-refractivity contribution >= 4 is 28.7 Å². The summed E-state index contributed by atoms with van der Waals surface area (Å²) in [7, 11) is 0. The fourth-order valence-electron chi connectivity index (χ4n) is 1.53. The zero-order valence-electron chi connectivity index (χ0n) is 7.69. The Labute approximate surface area is 92.2 Å². The van der Waals surface area contributed by atoms with Gasteiger partial charge in [0.2, 0.25) is 0 Å². The van der Waals surface area contributed by atoms with Crippen LogP contribution in [0.2, 0.25) is 0 Å². The molecule has 2 rings (SSSR count). The highest BCUT2D eigenvalue weighted by atomic mass is 32.2. The molecule has 2 nitrogen and oxygen atoms in total. The first-order chi connectivity index (χ1) is 6.75. The van der Waals surface area contributed by atoms with Crippen LogP contribution in [0.25, 0.3) is 0 Å². The molecule has 14 heavy (non-hydrogen) atoms. The van der Waals surface area contributed by atoms with Crippen molar-refractivity contribution in [2.75, 3.05) is 5.75 Å². The summed E-state index contributed by atoms with van der Waals surface area (Å²) in [5.41, 5.74) is 6.75. The second kappa shape index (κ2) is 4.28. The predicted molar refractivity (Wildman–Crippen MR) is 64.2 cm³/mol. The van der Waals surface area contributed by atoms with Gasteiger partial charge in [0.25, 0.3) is 0 Å². The van der Waals surface area contributed by atoms with Crippen molar-refractivity contribution < 1.29 is 0 Å². The van der Waals surface area contributed by atoms with Crippen molar-refractivity contribution in [3.63, 3.8) is 0 Å². The van der Waals surface area contributed by atoms with Gasteiger partial charge in [-0.1, -0.05) is 30.0 Å². The van der Waals surface area contributed by atoms with Crippen LogP contribution in [0.15, 0.2) is 29.2 Å². The van der Waals surface area contributed by atoms with E-state index in [2.05, 4.69) is 24.3 Å². The lowest BCUT2D eigenvalue weighted by Crippen LogP contribution is -2.11. The monoisotopic (exact) mass is 224 g/mol. The number of nitrogens with two attached hydrogens (primary N) is 1. The molecule has 1 heterocycles. The summed E-state index contributed by atoms with van der Waals surface area (Å²) in [4.78, 5) is 1.39. The summed E-state index contributed by atoms with van der Waals surface area (Å²) < 4.78 is 0. The number of hydrogen-bond acceptors (Lipinski definition) is 3. The highest BCUT2D eigenvalue weighted by Crippen LogP contribution is 2.37. The lowest BCUT2D eigenvalue weighted by atomic mass is 10.1. The second-order valence-corrected chi connectivity index (χ2v) is 5.63. The van der Waals surface area contributed by atoms with Gasteiger partial charge in [0.15, 0.2) is 5.17 Å². The van der Waals surface area contributed by atoms with Crippen molar-refractivity contribution in [1.82, 2.24) is 0 Å². The van der Waals surface area contributed by atoms with E-state index in [0.29, 0.717) is 5.25 Å². The SMILES string of the molecule is N=C(N)SCC1Cc2ccccc2S1. The van der Waals surface area contributed by atoms with Crippen molar-refractivity contribution in [1.29, 1.82) is 5.41 Å². The molecule has 0 amide bonds. The maximum Gasteiger partial charge on any atom is 0.151 e. The van der Waals surface area contributed by atoms with E-state index in [0.717, 1.165) is 12.2 Å². The number of thioether (sulfide) groups is 2. The molecule has 1 aliphatic rings. The third kappa shape index (κ3) is 2.25. The normalized spacial score (nSPS) is 19.3. The highest BCUT2D eigenvalue weighted by Gasteiger charge is 2.21. The largest absolute Gasteiger partial charge is 0.379 e. The van der Waals surface area contributed by atoms with Gasteiger partial charge in [-0.2, -0.15) is 0 Å². The van der Waals surface area contributed by atoms with Gasteiger partial charge in [-0.05, 0) is 18.1 Å². The van der Waals surface area contributed by atoms with Gasteiger partial charge >= 0.3 is 0 Å². The zero-order chi connectivity index (χ0) is 9.97. The second-order valence-electron chi connectivity index (χ2n) is 3.23. The van der Waals surface area contributed by atoms with Crippen molar-refractivity contribution in [2.45, 2.75) is 16.6 Å². The van der Waals surface area contributed by atoms with Gasteiger partial charge in [-0.3, -0.25) is 5.41 Å². The molecular formula is C10H12N2S2. The van der Waals surface area contributed by atoms with Crippen molar-refractivity contribution in [3.05, 3.63) is 29.8 Å². The minimum atomic E-state index is 0.224. The molecule has 74 valence electrons. The van der Waals surface area contributed by atoms with Gasteiger partial charge in [0.05, 0.1) is 0 Å². The molecule has 1 aromatic rings. The maximum atomic E-state index is 7.15. The van der Waals surface area contributed by atoms with E-state index >= 15 is 0 Å². The van der Waals surface area contributed by atoms with Gasteiger partial charge in [0.1, 0.15) is 0 Å². The average Bonchev–Trinajstić information content (AvgIpc) is 2.57. The summed E-state index contributed by atoms with van der Waals surface area (Å²) in [6, 6.07) is 8.51.